The first kappa shape index (κ1) is 13.7. The number of non-ortho nitro benzene ring substituents is 1. The standard InChI is InChI=1S/C14H10FNO4/c15-12-6-4-10(5-7-12)9-20-14(17)11-2-1-3-13(8-11)16(18)19/h1-8H,9H2. The summed E-state index contributed by atoms with van der Waals surface area (Å²) in [6, 6.07) is 10.8. The van der Waals surface area contributed by atoms with Crippen LogP contribution in [0.5, 0.6) is 0 Å². The second kappa shape index (κ2) is 5.92. The van der Waals surface area contributed by atoms with Crippen LogP contribution in [0.15, 0.2) is 48.5 Å². The summed E-state index contributed by atoms with van der Waals surface area (Å²) in [5.41, 5.74) is 0.549. The first-order chi connectivity index (χ1) is 9.56. The topological polar surface area (TPSA) is 69.4 Å². The number of carbonyl (C=O) groups excluding carboxylic acids is 1. The van der Waals surface area contributed by atoms with E-state index in [4.69, 9.17) is 4.74 Å². The fraction of sp³-hybridized carbons (Fsp3) is 0.0714. The first-order valence-electron chi connectivity index (χ1n) is 5.72. The minimum atomic E-state index is -0.668. The summed E-state index contributed by atoms with van der Waals surface area (Å²) >= 11 is 0. The molecule has 0 N–H and O–H groups in total. The molecular weight excluding hydrogens is 265 g/mol. The molecule has 0 aliphatic heterocycles. The van der Waals surface area contributed by atoms with E-state index in [1.165, 1.54) is 42.5 Å². The molecule has 102 valence electrons. The molecule has 6 heteroatoms. The molecule has 0 unspecified atom stereocenters. The fourth-order valence-corrected chi connectivity index (χ4v) is 1.56. The number of ether oxygens (including phenoxy) is 1. The van der Waals surface area contributed by atoms with Gasteiger partial charge in [-0.2, -0.15) is 0 Å². The van der Waals surface area contributed by atoms with Crippen LogP contribution in [0.2, 0.25) is 0 Å². The third-order valence-corrected chi connectivity index (χ3v) is 2.58. The van der Waals surface area contributed by atoms with Crippen molar-refractivity contribution >= 4 is 11.7 Å². The predicted molar refractivity (Wildman–Crippen MR) is 68.6 cm³/mol. The largest absolute Gasteiger partial charge is 0.457 e. The van der Waals surface area contributed by atoms with E-state index >= 15 is 0 Å². The van der Waals surface area contributed by atoms with Crippen LogP contribution in [0.4, 0.5) is 10.1 Å². The number of esters is 1. The molecule has 2 aromatic carbocycles. The molecule has 0 saturated carbocycles. The third kappa shape index (κ3) is 3.38. The Balaban J connectivity index is 2.03. The maximum atomic E-state index is 12.7. The normalized spacial score (nSPS) is 10.1. The van der Waals surface area contributed by atoms with Gasteiger partial charge in [0, 0.05) is 12.1 Å². The molecular formula is C14H10FNO4. The average Bonchev–Trinajstić information content (AvgIpc) is 2.46. The maximum Gasteiger partial charge on any atom is 0.338 e. The van der Waals surface area contributed by atoms with Gasteiger partial charge in [0.05, 0.1) is 10.5 Å². The van der Waals surface area contributed by atoms with Crippen molar-refractivity contribution in [1.29, 1.82) is 0 Å². The second-order valence-electron chi connectivity index (χ2n) is 4.01. The monoisotopic (exact) mass is 275 g/mol. The van der Waals surface area contributed by atoms with Gasteiger partial charge in [0.15, 0.2) is 0 Å². The van der Waals surface area contributed by atoms with Crippen LogP contribution in [0.1, 0.15) is 15.9 Å². The van der Waals surface area contributed by atoms with Crippen LogP contribution in [-0.2, 0) is 11.3 Å². The first-order valence-corrected chi connectivity index (χ1v) is 5.72. The van der Waals surface area contributed by atoms with Gasteiger partial charge in [0.1, 0.15) is 12.4 Å². The highest BCUT2D eigenvalue weighted by atomic mass is 19.1. The summed E-state index contributed by atoms with van der Waals surface area (Å²) < 4.78 is 17.7. The number of nitro groups is 1. The van der Waals surface area contributed by atoms with Gasteiger partial charge < -0.3 is 4.74 Å². The van der Waals surface area contributed by atoms with E-state index in [2.05, 4.69) is 0 Å². The zero-order chi connectivity index (χ0) is 14.5. The van der Waals surface area contributed by atoms with Crippen LogP contribution in [-0.4, -0.2) is 10.9 Å². The Morgan fingerprint density at radius 1 is 1.20 bits per heavy atom. The smallest absolute Gasteiger partial charge is 0.338 e. The maximum absolute atomic E-state index is 12.7. The van der Waals surface area contributed by atoms with Crippen molar-refractivity contribution in [2.24, 2.45) is 0 Å². The summed E-state index contributed by atoms with van der Waals surface area (Å²) in [5.74, 6) is -1.04. The molecule has 0 aliphatic rings. The van der Waals surface area contributed by atoms with E-state index < -0.39 is 10.9 Å². The number of rotatable bonds is 4. The number of halogens is 1. The summed E-state index contributed by atoms with van der Waals surface area (Å²) in [5, 5.41) is 10.6. The molecule has 0 amide bonds. The number of nitro benzene ring substituents is 1. The Kier molecular flexibility index (Phi) is 4.05. The molecule has 2 aromatic rings. The van der Waals surface area contributed by atoms with Crippen molar-refractivity contribution in [3.63, 3.8) is 0 Å². The quantitative estimate of drug-likeness (QED) is 0.488. The Morgan fingerprint density at radius 2 is 1.90 bits per heavy atom. The Hall–Kier alpha value is -2.76. The Morgan fingerprint density at radius 3 is 2.55 bits per heavy atom. The molecule has 0 atom stereocenters. The molecule has 0 bridgehead atoms. The SMILES string of the molecule is O=C(OCc1ccc(F)cc1)c1cccc([N+](=O)[O-])c1. The van der Waals surface area contributed by atoms with E-state index in [0.29, 0.717) is 5.56 Å². The van der Waals surface area contributed by atoms with E-state index in [1.54, 1.807) is 0 Å². The zero-order valence-corrected chi connectivity index (χ0v) is 10.3. The lowest BCUT2D eigenvalue weighted by atomic mass is 10.2. The van der Waals surface area contributed by atoms with Crippen molar-refractivity contribution in [3.8, 4) is 0 Å². The zero-order valence-electron chi connectivity index (χ0n) is 10.3. The minimum absolute atomic E-state index is 0.0260. The highest BCUT2D eigenvalue weighted by Gasteiger charge is 2.12. The van der Waals surface area contributed by atoms with Crippen LogP contribution in [0.25, 0.3) is 0 Å². The summed E-state index contributed by atoms with van der Waals surface area (Å²) in [6.07, 6.45) is 0. The number of nitrogens with zero attached hydrogens (tertiary/aromatic N) is 1. The molecule has 0 aromatic heterocycles. The molecule has 5 nitrogen and oxygen atoms in total. The molecule has 2 rings (SSSR count). The minimum Gasteiger partial charge on any atom is -0.457 e. The van der Waals surface area contributed by atoms with Crippen LogP contribution in [0, 0.1) is 15.9 Å². The molecule has 0 saturated heterocycles. The number of hydrogen-bond acceptors (Lipinski definition) is 4. The van der Waals surface area contributed by atoms with Gasteiger partial charge in [-0.1, -0.05) is 18.2 Å². The van der Waals surface area contributed by atoms with E-state index in [0.717, 1.165) is 6.07 Å². The van der Waals surface area contributed by atoms with Gasteiger partial charge in [-0.15, -0.1) is 0 Å². The summed E-state index contributed by atoms with van der Waals surface area (Å²) in [6.45, 7) is -0.0260. The van der Waals surface area contributed by atoms with Crippen molar-refractivity contribution in [2.75, 3.05) is 0 Å². The average molecular weight is 275 g/mol. The Bertz CT molecular complexity index is 640. The molecule has 0 radical (unpaired) electrons. The number of hydrogen-bond donors (Lipinski definition) is 0. The van der Waals surface area contributed by atoms with Gasteiger partial charge in [-0.25, -0.2) is 9.18 Å². The Labute approximate surface area is 113 Å². The number of carbonyl (C=O) groups is 1. The molecule has 0 spiro atoms. The second-order valence-corrected chi connectivity index (χ2v) is 4.01. The third-order valence-electron chi connectivity index (χ3n) is 2.58. The molecule has 0 fully saturated rings. The van der Waals surface area contributed by atoms with E-state index in [9.17, 15) is 19.3 Å². The lowest BCUT2D eigenvalue weighted by Crippen LogP contribution is -2.05. The van der Waals surface area contributed by atoms with Gasteiger partial charge >= 0.3 is 5.97 Å². The highest BCUT2D eigenvalue weighted by Crippen LogP contribution is 2.14. The van der Waals surface area contributed by atoms with Crippen molar-refractivity contribution in [3.05, 3.63) is 75.6 Å². The van der Waals surface area contributed by atoms with Crippen LogP contribution < -0.4 is 0 Å². The predicted octanol–water partition coefficient (Wildman–Crippen LogP) is 3.09. The van der Waals surface area contributed by atoms with E-state index in [-0.39, 0.29) is 23.7 Å². The van der Waals surface area contributed by atoms with Crippen LogP contribution in [0.3, 0.4) is 0 Å². The van der Waals surface area contributed by atoms with E-state index in [1.807, 2.05) is 0 Å². The van der Waals surface area contributed by atoms with Crippen molar-refractivity contribution < 1.29 is 18.8 Å². The van der Waals surface area contributed by atoms with Gasteiger partial charge in [0.2, 0.25) is 0 Å². The number of benzene rings is 2. The summed E-state index contributed by atoms with van der Waals surface area (Å²) in [4.78, 5) is 21.8. The molecule has 0 aliphatic carbocycles. The summed E-state index contributed by atoms with van der Waals surface area (Å²) in [7, 11) is 0. The van der Waals surface area contributed by atoms with Crippen molar-refractivity contribution in [2.45, 2.75) is 6.61 Å². The van der Waals surface area contributed by atoms with Gasteiger partial charge in [-0.05, 0) is 23.8 Å². The van der Waals surface area contributed by atoms with Crippen molar-refractivity contribution in [1.82, 2.24) is 0 Å². The lowest BCUT2D eigenvalue weighted by molar-refractivity contribution is -0.384. The van der Waals surface area contributed by atoms with Gasteiger partial charge in [-0.3, -0.25) is 10.1 Å². The lowest BCUT2D eigenvalue weighted by Gasteiger charge is -2.05. The van der Waals surface area contributed by atoms with Crippen LogP contribution >= 0.6 is 0 Å². The highest BCUT2D eigenvalue weighted by molar-refractivity contribution is 5.90. The molecule has 20 heavy (non-hydrogen) atoms. The molecule has 0 heterocycles. The van der Waals surface area contributed by atoms with Gasteiger partial charge in [0.25, 0.3) is 5.69 Å². The fourth-order valence-electron chi connectivity index (χ4n) is 1.56.